The second-order valence-corrected chi connectivity index (χ2v) is 11.3. The van der Waals surface area contributed by atoms with Crippen molar-refractivity contribution in [3.8, 4) is 0 Å². The fourth-order valence-corrected chi connectivity index (χ4v) is 4.99. The molecule has 1 aliphatic rings. The van der Waals surface area contributed by atoms with Crippen molar-refractivity contribution in [2.24, 2.45) is 17.3 Å². The Kier molecular flexibility index (Phi) is 10.8. The summed E-state index contributed by atoms with van der Waals surface area (Å²) in [6, 6.07) is 0. The third-order valence-electron chi connectivity index (χ3n) is 7.01. The lowest BCUT2D eigenvalue weighted by atomic mass is 9.71. The monoisotopic (exact) mass is 509 g/mol. The van der Waals surface area contributed by atoms with E-state index in [1.807, 2.05) is 33.8 Å². The Hall–Kier alpha value is -1.90. The molecule has 0 unspecified atom stereocenters. The van der Waals surface area contributed by atoms with Crippen molar-refractivity contribution in [1.82, 2.24) is 4.98 Å². The summed E-state index contributed by atoms with van der Waals surface area (Å²) in [4.78, 5) is 30.3. The topological polar surface area (TPSA) is 96.7 Å². The molecule has 0 saturated carbocycles. The molecule has 2 rings (SSSR count). The van der Waals surface area contributed by atoms with Gasteiger partial charge < -0.3 is 14.9 Å². The van der Waals surface area contributed by atoms with E-state index in [9.17, 15) is 19.8 Å². The molecule has 0 aliphatic carbocycles. The molecule has 0 saturated heterocycles. The fourth-order valence-electron chi connectivity index (χ4n) is 4.42. The molecule has 2 N–H and O–H groups in total. The summed E-state index contributed by atoms with van der Waals surface area (Å²) >= 11 is 1.40. The number of hydrogen-bond donors (Lipinski definition) is 2. The molecule has 6 nitrogen and oxygen atoms in total. The zero-order valence-electron chi connectivity index (χ0n) is 21.7. The molecule has 1 aromatic heterocycles. The highest BCUT2D eigenvalue weighted by atomic mass is 32.1. The van der Waals surface area contributed by atoms with Crippen molar-refractivity contribution in [2.75, 3.05) is 0 Å². The molecule has 1 aromatic rings. The van der Waals surface area contributed by atoms with Crippen LogP contribution < -0.4 is 0 Å². The van der Waals surface area contributed by atoms with Crippen LogP contribution in [0.5, 0.6) is 0 Å². The number of halogens is 1. The molecule has 0 bridgehead atoms. The summed E-state index contributed by atoms with van der Waals surface area (Å²) in [5.74, 6) is -2.45. The van der Waals surface area contributed by atoms with Gasteiger partial charge in [0.1, 0.15) is 11.6 Å². The van der Waals surface area contributed by atoms with Gasteiger partial charge in [-0.1, -0.05) is 39.3 Å². The number of esters is 1. The summed E-state index contributed by atoms with van der Waals surface area (Å²) < 4.78 is 20.6. The number of thiazole rings is 1. The maximum atomic E-state index is 15.2. The molecular weight excluding hydrogens is 469 g/mol. The van der Waals surface area contributed by atoms with Crippen molar-refractivity contribution in [3.63, 3.8) is 0 Å². The Morgan fingerprint density at radius 3 is 2.60 bits per heavy atom. The highest BCUT2D eigenvalue weighted by Gasteiger charge is 2.43. The van der Waals surface area contributed by atoms with E-state index in [0.29, 0.717) is 12.1 Å². The molecule has 0 fully saturated rings. The first-order valence-corrected chi connectivity index (χ1v) is 13.3. The lowest BCUT2D eigenvalue weighted by molar-refractivity contribution is -0.155. The molecule has 0 aromatic carbocycles. The van der Waals surface area contributed by atoms with Crippen molar-refractivity contribution in [3.05, 3.63) is 33.6 Å². The number of aliphatic hydroxyl groups is 2. The lowest BCUT2D eigenvalue weighted by Gasteiger charge is -2.35. The second-order valence-electron chi connectivity index (χ2n) is 10.3. The number of allylic oxidation sites excluding steroid dienone is 1. The van der Waals surface area contributed by atoms with Crippen LogP contribution in [-0.2, 0) is 14.3 Å². The minimum absolute atomic E-state index is 0.0998. The van der Waals surface area contributed by atoms with E-state index >= 15 is 4.39 Å². The molecule has 8 heteroatoms. The molecule has 0 spiro atoms. The van der Waals surface area contributed by atoms with Gasteiger partial charge in [-0.25, -0.2) is 9.37 Å². The van der Waals surface area contributed by atoms with Crippen LogP contribution in [0.1, 0.15) is 83.8 Å². The van der Waals surface area contributed by atoms with Crippen LogP contribution in [0.4, 0.5) is 4.39 Å². The van der Waals surface area contributed by atoms with Crippen LogP contribution in [0.3, 0.4) is 0 Å². The second kappa shape index (κ2) is 12.9. The van der Waals surface area contributed by atoms with E-state index in [1.54, 1.807) is 19.2 Å². The van der Waals surface area contributed by atoms with E-state index in [1.165, 1.54) is 17.4 Å². The normalized spacial score (nSPS) is 30.0. The first-order valence-electron chi connectivity index (χ1n) is 12.4. The number of carbonyl (C=O) groups excluding carboxylic acids is 2. The molecule has 2 heterocycles. The number of carbonyl (C=O) groups is 2. The van der Waals surface area contributed by atoms with E-state index in [0.717, 1.165) is 29.8 Å². The van der Waals surface area contributed by atoms with Gasteiger partial charge in [0, 0.05) is 23.8 Å². The molecule has 0 amide bonds. The number of ether oxygens (including phenoxy) is 1. The number of aliphatic hydroxyl groups excluding tert-OH is 2. The Morgan fingerprint density at radius 2 is 2.00 bits per heavy atom. The lowest BCUT2D eigenvalue weighted by Crippen LogP contribution is -2.46. The smallest absolute Gasteiger partial charge is 0.309 e. The minimum atomic E-state index is -1.34. The van der Waals surface area contributed by atoms with Gasteiger partial charge in [0.2, 0.25) is 0 Å². The van der Waals surface area contributed by atoms with Gasteiger partial charge in [-0.2, -0.15) is 0 Å². The number of cyclic esters (lactones) is 1. The van der Waals surface area contributed by atoms with E-state index < -0.39 is 47.9 Å². The molecule has 5 atom stereocenters. The van der Waals surface area contributed by atoms with Gasteiger partial charge in [0.25, 0.3) is 0 Å². The van der Waals surface area contributed by atoms with Crippen molar-refractivity contribution < 1.29 is 28.9 Å². The standard InChI is InChI=1S/C27H40FNO5S/c1-7-20-25(32)17(3)10-8-9-16(2)11-12-22(21(28)13-19-15-35-18(4)29-19)34-24(31)14-23(30)27(5,6)26(20)33/h11,13,15,17,20,22-23,25,30,32H,7-10,12,14H2,1-6H3/t17-,20+,22-,23-,25-/m0/s1. The van der Waals surface area contributed by atoms with Crippen molar-refractivity contribution >= 4 is 29.2 Å². The van der Waals surface area contributed by atoms with Gasteiger partial charge in [0.15, 0.2) is 6.10 Å². The third kappa shape index (κ3) is 8.05. The maximum Gasteiger partial charge on any atom is 0.309 e. The molecular formula is C27H40FNO5S. The first kappa shape index (κ1) is 29.3. The Labute approximate surface area is 212 Å². The SMILES string of the molecule is CC[C@H]1C(=O)C(C)(C)[C@@H](O)CC(=O)O[C@H](C(F)=Cc2csc(C)n2)CC=C(C)CCC[C@H](C)[C@@H]1O. The highest BCUT2D eigenvalue weighted by Crippen LogP contribution is 2.34. The van der Waals surface area contributed by atoms with Gasteiger partial charge in [0.05, 0.1) is 34.7 Å². The molecule has 0 radical (unpaired) electrons. The average Bonchev–Trinajstić information content (AvgIpc) is 3.20. The van der Waals surface area contributed by atoms with Crippen LogP contribution >= 0.6 is 11.3 Å². The van der Waals surface area contributed by atoms with Crippen LogP contribution in [0.25, 0.3) is 6.08 Å². The highest BCUT2D eigenvalue weighted by molar-refractivity contribution is 7.09. The zero-order chi connectivity index (χ0) is 26.3. The first-order chi connectivity index (χ1) is 16.4. The number of nitrogens with zero attached hydrogens (tertiary/aromatic N) is 1. The Bertz CT molecular complexity index is 938. The summed E-state index contributed by atoms with van der Waals surface area (Å²) in [5.41, 5.74) is 0.205. The average molecular weight is 510 g/mol. The molecule has 1 aliphatic heterocycles. The quantitative estimate of drug-likeness (QED) is 0.409. The van der Waals surface area contributed by atoms with Crippen LogP contribution in [0, 0.1) is 24.2 Å². The summed E-state index contributed by atoms with van der Waals surface area (Å²) in [7, 11) is 0. The minimum Gasteiger partial charge on any atom is -0.455 e. The molecule has 35 heavy (non-hydrogen) atoms. The van der Waals surface area contributed by atoms with Crippen LogP contribution in [-0.4, -0.2) is 45.3 Å². The van der Waals surface area contributed by atoms with Crippen LogP contribution in [0.2, 0.25) is 0 Å². The zero-order valence-corrected chi connectivity index (χ0v) is 22.5. The molecule has 196 valence electrons. The van der Waals surface area contributed by atoms with Crippen LogP contribution in [0.15, 0.2) is 22.9 Å². The van der Waals surface area contributed by atoms with Gasteiger partial charge in [-0.15, -0.1) is 11.3 Å². The van der Waals surface area contributed by atoms with E-state index in [-0.39, 0.29) is 18.1 Å². The van der Waals surface area contributed by atoms with Gasteiger partial charge >= 0.3 is 5.97 Å². The number of ketones is 1. The number of rotatable bonds is 3. The van der Waals surface area contributed by atoms with Gasteiger partial charge in [-0.05, 0) is 45.4 Å². The third-order valence-corrected chi connectivity index (χ3v) is 7.81. The van der Waals surface area contributed by atoms with E-state index in [2.05, 4.69) is 4.98 Å². The van der Waals surface area contributed by atoms with Gasteiger partial charge in [-0.3, -0.25) is 9.59 Å². The number of Topliss-reactive ketones (excluding diaryl/α,β-unsaturated/α-hetero) is 1. The fraction of sp³-hybridized carbons (Fsp3) is 0.667. The predicted octanol–water partition coefficient (Wildman–Crippen LogP) is 5.56. The number of aryl methyl sites for hydroxylation is 1. The van der Waals surface area contributed by atoms with Crippen molar-refractivity contribution in [2.45, 2.75) is 98.4 Å². The Balaban J connectivity index is 2.35. The largest absolute Gasteiger partial charge is 0.455 e. The number of hydrogen-bond acceptors (Lipinski definition) is 7. The Morgan fingerprint density at radius 1 is 1.31 bits per heavy atom. The summed E-state index contributed by atoms with van der Waals surface area (Å²) in [6.45, 7) is 10.7. The number of aromatic nitrogens is 1. The predicted molar refractivity (Wildman–Crippen MR) is 136 cm³/mol. The summed E-state index contributed by atoms with van der Waals surface area (Å²) in [5, 5.41) is 24.3. The maximum absolute atomic E-state index is 15.2. The summed E-state index contributed by atoms with van der Waals surface area (Å²) in [6.07, 6.45) is 2.22. The van der Waals surface area contributed by atoms with Crippen molar-refractivity contribution in [1.29, 1.82) is 0 Å². The van der Waals surface area contributed by atoms with E-state index in [4.69, 9.17) is 4.74 Å².